The SMILES string of the molecule is Cc1cccc(NC(c2oc(CO)cc(=O)c2O)c2cccc3ccccc23)n1. The fraction of sp³-hybridized carbons (Fsp3) is 0.130. The number of aryl methyl sites for hydroxylation is 1. The predicted octanol–water partition coefficient (Wildman–Crippen LogP) is 3.90. The third kappa shape index (κ3) is 3.70. The van der Waals surface area contributed by atoms with Gasteiger partial charge < -0.3 is 19.9 Å². The molecule has 146 valence electrons. The molecule has 0 aliphatic rings. The summed E-state index contributed by atoms with van der Waals surface area (Å²) in [5.74, 6) is 0.174. The number of benzene rings is 2. The lowest BCUT2D eigenvalue weighted by atomic mass is 9.96. The van der Waals surface area contributed by atoms with Crippen LogP contribution in [0.25, 0.3) is 10.8 Å². The van der Waals surface area contributed by atoms with Crippen LogP contribution in [-0.4, -0.2) is 15.2 Å². The molecule has 3 N–H and O–H groups in total. The third-order valence-electron chi connectivity index (χ3n) is 4.73. The van der Waals surface area contributed by atoms with E-state index in [1.165, 1.54) is 0 Å². The zero-order chi connectivity index (χ0) is 20.4. The zero-order valence-electron chi connectivity index (χ0n) is 15.8. The lowest BCUT2D eigenvalue weighted by Crippen LogP contribution is -2.17. The molecule has 6 nitrogen and oxygen atoms in total. The summed E-state index contributed by atoms with van der Waals surface area (Å²) in [6.07, 6.45) is 0. The molecule has 0 aliphatic heterocycles. The average molecular weight is 388 g/mol. The zero-order valence-corrected chi connectivity index (χ0v) is 15.8. The van der Waals surface area contributed by atoms with Gasteiger partial charge in [0.2, 0.25) is 11.2 Å². The number of hydrogen-bond donors (Lipinski definition) is 3. The van der Waals surface area contributed by atoms with Crippen LogP contribution in [0.15, 0.2) is 75.9 Å². The van der Waals surface area contributed by atoms with Crippen LogP contribution >= 0.6 is 0 Å². The van der Waals surface area contributed by atoms with Crippen molar-refractivity contribution >= 4 is 16.6 Å². The Bertz CT molecular complexity index is 1230. The lowest BCUT2D eigenvalue weighted by Gasteiger charge is -2.22. The molecule has 0 saturated carbocycles. The third-order valence-corrected chi connectivity index (χ3v) is 4.73. The molecule has 2 aromatic carbocycles. The molecule has 2 heterocycles. The van der Waals surface area contributed by atoms with Gasteiger partial charge in [-0.25, -0.2) is 4.98 Å². The van der Waals surface area contributed by atoms with Gasteiger partial charge in [-0.1, -0.05) is 48.5 Å². The lowest BCUT2D eigenvalue weighted by molar-refractivity contribution is 0.234. The van der Waals surface area contributed by atoms with E-state index in [1.807, 2.05) is 61.5 Å². The van der Waals surface area contributed by atoms with E-state index in [4.69, 9.17) is 4.42 Å². The fourth-order valence-corrected chi connectivity index (χ4v) is 3.39. The van der Waals surface area contributed by atoms with Crippen molar-refractivity contribution in [2.75, 3.05) is 5.32 Å². The topological polar surface area (TPSA) is 95.6 Å². The first-order valence-electron chi connectivity index (χ1n) is 9.21. The quantitative estimate of drug-likeness (QED) is 0.480. The number of aromatic nitrogens is 1. The van der Waals surface area contributed by atoms with Gasteiger partial charge in [-0.15, -0.1) is 0 Å². The first-order valence-corrected chi connectivity index (χ1v) is 9.21. The van der Waals surface area contributed by atoms with Crippen molar-refractivity contribution in [3.63, 3.8) is 0 Å². The maximum absolute atomic E-state index is 12.3. The Kier molecular flexibility index (Phi) is 5.01. The summed E-state index contributed by atoms with van der Waals surface area (Å²) < 4.78 is 5.72. The molecule has 0 saturated heterocycles. The number of aromatic hydroxyl groups is 1. The van der Waals surface area contributed by atoms with Crippen molar-refractivity contribution in [2.45, 2.75) is 19.6 Å². The number of aliphatic hydroxyl groups excluding tert-OH is 1. The van der Waals surface area contributed by atoms with Gasteiger partial charge in [-0.2, -0.15) is 0 Å². The highest BCUT2D eigenvalue weighted by Crippen LogP contribution is 2.35. The van der Waals surface area contributed by atoms with Crippen LogP contribution in [0.4, 0.5) is 5.82 Å². The van der Waals surface area contributed by atoms with E-state index in [0.29, 0.717) is 5.82 Å². The highest BCUT2D eigenvalue weighted by molar-refractivity contribution is 5.86. The van der Waals surface area contributed by atoms with Gasteiger partial charge in [0.25, 0.3) is 0 Å². The van der Waals surface area contributed by atoms with Crippen molar-refractivity contribution in [2.24, 2.45) is 0 Å². The Morgan fingerprint density at radius 1 is 1.07 bits per heavy atom. The smallest absolute Gasteiger partial charge is 0.227 e. The van der Waals surface area contributed by atoms with Crippen LogP contribution in [-0.2, 0) is 6.61 Å². The number of nitrogens with zero attached hydrogens (tertiary/aromatic N) is 1. The van der Waals surface area contributed by atoms with Crippen molar-refractivity contribution in [3.05, 3.63) is 99.7 Å². The first-order chi connectivity index (χ1) is 14.1. The Morgan fingerprint density at radius 2 is 1.83 bits per heavy atom. The molecule has 1 unspecified atom stereocenters. The molecule has 29 heavy (non-hydrogen) atoms. The van der Waals surface area contributed by atoms with Gasteiger partial charge in [0.1, 0.15) is 24.2 Å². The van der Waals surface area contributed by atoms with Crippen LogP contribution in [0, 0.1) is 6.92 Å². The van der Waals surface area contributed by atoms with Crippen LogP contribution in [0.5, 0.6) is 5.75 Å². The molecule has 2 aromatic heterocycles. The number of anilines is 1. The van der Waals surface area contributed by atoms with E-state index in [-0.39, 0.29) is 11.5 Å². The van der Waals surface area contributed by atoms with E-state index in [1.54, 1.807) is 6.07 Å². The van der Waals surface area contributed by atoms with Crippen LogP contribution in [0.2, 0.25) is 0 Å². The van der Waals surface area contributed by atoms with E-state index >= 15 is 0 Å². The molecule has 0 fully saturated rings. The van der Waals surface area contributed by atoms with Gasteiger partial charge in [0.05, 0.1) is 0 Å². The molecule has 6 heteroatoms. The molecule has 0 bridgehead atoms. The number of hydrogen-bond acceptors (Lipinski definition) is 6. The van der Waals surface area contributed by atoms with Gasteiger partial charge in [0.15, 0.2) is 5.76 Å². The largest absolute Gasteiger partial charge is 0.502 e. The molecule has 0 aliphatic carbocycles. The van der Waals surface area contributed by atoms with Gasteiger partial charge in [-0.3, -0.25) is 4.79 Å². The molecule has 4 aromatic rings. The van der Waals surface area contributed by atoms with E-state index in [2.05, 4.69) is 10.3 Å². The summed E-state index contributed by atoms with van der Waals surface area (Å²) in [5, 5.41) is 25.2. The van der Waals surface area contributed by atoms with Crippen molar-refractivity contribution in [1.29, 1.82) is 0 Å². The number of rotatable bonds is 5. The minimum absolute atomic E-state index is 0.0289. The molecule has 0 spiro atoms. The second kappa shape index (κ2) is 7.77. The normalized spacial score (nSPS) is 12.1. The standard InChI is InChI=1S/C23H20N2O4/c1-14-6-4-11-20(24-14)25-21(23-22(28)19(27)12-16(13-26)29-23)18-10-5-8-15-7-2-3-9-17(15)18/h2-12,21,26,28H,13H2,1H3,(H,24,25). The summed E-state index contributed by atoms with van der Waals surface area (Å²) >= 11 is 0. The van der Waals surface area contributed by atoms with Crippen LogP contribution in [0.3, 0.4) is 0 Å². The molecule has 0 radical (unpaired) electrons. The molecule has 0 amide bonds. The highest BCUT2D eigenvalue weighted by Gasteiger charge is 2.25. The summed E-state index contributed by atoms with van der Waals surface area (Å²) in [7, 11) is 0. The van der Waals surface area contributed by atoms with Gasteiger partial charge in [-0.05, 0) is 35.4 Å². The molecular weight excluding hydrogens is 368 g/mol. The first kappa shape index (κ1) is 18.7. The van der Waals surface area contributed by atoms with E-state index in [9.17, 15) is 15.0 Å². The summed E-state index contributed by atoms with van der Waals surface area (Å²) in [6.45, 7) is 1.43. The Hall–Kier alpha value is -3.64. The summed E-state index contributed by atoms with van der Waals surface area (Å²) in [6, 6.07) is 19.6. The Balaban J connectivity index is 1.95. The van der Waals surface area contributed by atoms with Crippen molar-refractivity contribution in [3.8, 4) is 5.75 Å². The summed E-state index contributed by atoms with van der Waals surface area (Å²) in [4.78, 5) is 16.7. The fourth-order valence-electron chi connectivity index (χ4n) is 3.39. The number of pyridine rings is 1. The monoisotopic (exact) mass is 388 g/mol. The Morgan fingerprint density at radius 3 is 2.62 bits per heavy atom. The summed E-state index contributed by atoms with van der Waals surface area (Å²) in [5.41, 5.74) is 1.01. The number of nitrogens with one attached hydrogen (secondary N) is 1. The van der Waals surface area contributed by atoms with Gasteiger partial charge in [0, 0.05) is 11.8 Å². The average Bonchev–Trinajstić information content (AvgIpc) is 2.74. The Labute approximate surface area is 167 Å². The van der Waals surface area contributed by atoms with Crippen molar-refractivity contribution < 1.29 is 14.6 Å². The van der Waals surface area contributed by atoms with E-state index in [0.717, 1.165) is 28.1 Å². The molecule has 4 rings (SSSR count). The maximum Gasteiger partial charge on any atom is 0.227 e. The minimum atomic E-state index is -0.699. The van der Waals surface area contributed by atoms with E-state index < -0.39 is 23.8 Å². The number of fused-ring (bicyclic) bond motifs is 1. The highest BCUT2D eigenvalue weighted by atomic mass is 16.4. The van der Waals surface area contributed by atoms with Crippen LogP contribution < -0.4 is 10.7 Å². The predicted molar refractivity (Wildman–Crippen MR) is 111 cm³/mol. The number of aliphatic hydroxyl groups is 1. The molecular formula is C23H20N2O4. The second-order valence-electron chi connectivity index (χ2n) is 6.76. The van der Waals surface area contributed by atoms with Gasteiger partial charge >= 0.3 is 0 Å². The van der Waals surface area contributed by atoms with Crippen molar-refractivity contribution in [1.82, 2.24) is 4.98 Å². The maximum atomic E-state index is 12.3. The second-order valence-corrected chi connectivity index (χ2v) is 6.76. The molecule has 1 atom stereocenters. The minimum Gasteiger partial charge on any atom is -0.502 e. The van der Waals surface area contributed by atoms with Crippen LogP contribution in [0.1, 0.15) is 28.8 Å².